The summed E-state index contributed by atoms with van der Waals surface area (Å²) in [5.74, 6) is -169. The van der Waals surface area contributed by atoms with Crippen LogP contribution < -0.4 is 0 Å². The van der Waals surface area contributed by atoms with Crippen molar-refractivity contribution in [3.63, 3.8) is 0 Å². The van der Waals surface area contributed by atoms with Gasteiger partial charge in [0, 0.05) is 6.08 Å². The molecule has 0 saturated heterocycles. The first-order chi connectivity index (χ1) is 26.1. The van der Waals surface area contributed by atoms with Gasteiger partial charge in [-0.2, -0.15) is 162 Å². The van der Waals surface area contributed by atoms with E-state index in [-0.39, 0.29) is 0 Å². The monoisotopic (exact) mass is 1020 g/mol. The van der Waals surface area contributed by atoms with Crippen LogP contribution in [-0.2, 0) is 9.53 Å². The third kappa shape index (κ3) is 6.71. The van der Waals surface area contributed by atoms with Gasteiger partial charge in [-0.3, -0.25) is 0 Å². The topological polar surface area (TPSA) is 26.3 Å². The molecule has 39 heteroatoms. The van der Waals surface area contributed by atoms with Gasteiger partial charge in [-0.25, -0.2) is 4.79 Å². The van der Waals surface area contributed by atoms with E-state index in [2.05, 4.69) is 11.3 Å². The minimum Gasteiger partial charge on any atom is -0.453 e. The Morgan fingerprint density at radius 1 is 0.323 bits per heavy atom. The Morgan fingerprint density at radius 3 is 0.613 bits per heavy atom. The van der Waals surface area contributed by atoms with Crippen molar-refractivity contribution < 1.29 is 172 Å². The lowest BCUT2D eigenvalue weighted by atomic mass is 9.82. The van der Waals surface area contributed by atoms with E-state index in [0.717, 1.165) is 0 Å². The van der Waals surface area contributed by atoms with Crippen LogP contribution in [0.2, 0.25) is 0 Å². The average molecular weight is 1020 g/mol. The molecule has 0 bridgehead atoms. The summed E-state index contributed by atoms with van der Waals surface area (Å²) in [5, 5.41) is 0. The summed E-state index contributed by atoms with van der Waals surface area (Å²) in [5.41, 5.74) is 0. The van der Waals surface area contributed by atoms with Crippen LogP contribution in [0.4, 0.5) is 162 Å². The van der Waals surface area contributed by atoms with E-state index in [1.807, 2.05) is 0 Å². The summed E-state index contributed by atoms with van der Waals surface area (Å²) in [6.45, 7) is 1.51. The van der Waals surface area contributed by atoms with Crippen LogP contribution in [0.15, 0.2) is 12.7 Å². The van der Waals surface area contributed by atoms with Gasteiger partial charge in [-0.05, 0) is 6.92 Å². The summed E-state index contributed by atoms with van der Waals surface area (Å²) >= 11 is 0. The number of hydrogen-bond acceptors (Lipinski definition) is 2. The highest BCUT2D eigenvalue weighted by molar-refractivity contribution is 5.81. The van der Waals surface area contributed by atoms with E-state index >= 15 is 0 Å². The minimum atomic E-state index is -10.5. The molecule has 62 heavy (non-hydrogen) atoms. The van der Waals surface area contributed by atoms with Crippen LogP contribution in [0.1, 0.15) is 6.92 Å². The molecule has 0 radical (unpaired) electrons. The predicted octanol–water partition coefficient (Wildman–Crippen LogP) is 12.5. The van der Waals surface area contributed by atoms with Crippen molar-refractivity contribution in [1.82, 2.24) is 0 Å². The quantitative estimate of drug-likeness (QED) is 0.0732. The summed E-state index contributed by atoms with van der Waals surface area (Å²) in [4.78, 5) is 10.8. The van der Waals surface area contributed by atoms with Gasteiger partial charge in [-0.1, -0.05) is 6.58 Å². The number of carbonyl (C=O) groups is 1. The predicted molar refractivity (Wildman–Crippen MR) is 116 cm³/mol. The van der Waals surface area contributed by atoms with Crippen molar-refractivity contribution in [2.45, 2.75) is 120 Å². The van der Waals surface area contributed by atoms with Gasteiger partial charge in [0.1, 0.15) is 0 Å². The zero-order valence-corrected chi connectivity index (χ0v) is 27.2. The van der Waals surface area contributed by atoms with Gasteiger partial charge >= 0.3 is 113 Å². The molecular weight excluding hydrogens is 1010 g/mol. The number of carbonyl (C=O) groups excluding carboxylic acids is 1. The van der Waals surface area contributed by atoms with E-state index < -0.39 is 132 Å². The van der Waals surface area contributed by atoms with E-state index in [4.69, 9.17) is 0 Å². The average Bonchev–Trinajstić information content (AvgIpc) is 3.05. The first-order valence-corrected chi connectivity index (χ1v) is 13.4. The van der Waals surface area contributed by atoms with Gasteiger partial charge in [0.05, 0.1) is 0 Å². The number of rotatable bonds is 19. The molecule has 0 aromatic heterocycles. The Bertz CT molecular complexity index is 1660. The maximum atomic E-state index is 14.0. The summed E-state index contributed by atoms with van der Waals surface area (Å²) < 4.78 is 509. The van der Waals surface area contributed by atoms with Crippen LogP contribution in [0.5, 0.6) is 0 Å². The second kappa shape index (κ2) is 14.6. The molecule has 0 fully saturated rings. The third-order valence-corrected chi connectivity index (χ3v) is 7.66. The van der Waals surface area contributed by atoms with Gasteiger partial charge < -0.3 is 4.74 Å². The number of ether oxygens (including phenoxy) is 1. The fourth-order valence-electron chi connectivity index (χ4n) is 3.70. The van der Waals surface area contributed by atoms with Crippen LogP contribution in [0.25, 0.3) is 0 Å². The fraction of sp³-hybridized carbons (Fsp3) is 0.870. The lowest BCUT2D eigenvalue weighted by Crippen LogP contribution is -2.80. The molecule has 0 N–H and O–H groups in total. The lowest BCUT2D eigenvalue weighted by Gasteiger charge is -2.47. The largest absolute Gasteiger partial charge is 0.460 e. The van der Waals surface area contributed by atoms with Crippen molar-refractivity contribution in [1.29, 1.82) is 0 Å². The van der Waals surface area contributed by atoms with E-state index in [1.54, 1.807) is 0 Å². The highest BCUT2D eigenvalue weighted by Crippen LogP contribution is 2.70. The molecule has 0 aliphatic heterocycles. The second-order valence-corrected chi connectivity index (χ2v) is 11.6. The third-order valence-electron chi connectivity index (χ3n) is 7.66. The van der Waals surface area contributed by atoms with Gasteiger partial charge in [0.2, 0.25) is 0 Å². The number of halogens is 37. The van der Waals surface area contributed by atoms with Crippen molar-refractivity contribution in [2.75, 3.05) is 0 Å². The second-order valence-electron chi connectivity index (χ2n) is 11.6. The number of hydrogen-bond donors (Lipinski definition) is 0. The van der Waals surface area contributed by atoms with Crippen LogP contribution in [-0.4, -0.2) is 119 Å². The normalized spacial score (nSPS) is 17.3. The zero-order chi connectivity index (χ0) is 51.6. The maximum Gasteiger partial charge on any atom is 0.460 e. The van der Waals surface area contributed by atoms with Crippen LogP contribution >= 0.6 is 0 Å². The lowest BCUT2D eigenvalue weighted by molar-refractivity contribution is -0.494. The molecule has 2 nitrogen and oxygen atoms in total. The first kappa shape index (κ1) is 58.6. The van der Waals surface area contributed by atoms with Gasteiger partial charge in [-0.15, -0.1) is 0 Å². The molecule has 0 amide bonds. The van der Waals surface area contributed by atoms with Crippen molar-refractivity contribution in [2.24, 2.45) is 0 Å². The maximum absolute atomic E-state index is 14.0. The Labute approximate surface area is 311 Å². The molecule has 1 atom stereocenters. The Hall–Kier alpha value is -3.38. The Kier molecular flexibility index (Phi) is 13.8. The van der Waals surface area contributed by atoms with Crippen LogP contribution in [0, 0.1) is 0 Å². The molecule has 0 heterocycles. The van der Waals surface area contributed by atoms with Gasteiger partial charge in [0.15, 0.2) is 6.10 Å². The molecule has 0 saturated carbocycles. The fourth-order valence-corrected chi connectivity index (χ4v) is 3.70. The van der Waals surface area contributed by atoms with E-state index in [9.17, 15) is 167 Å². The van der Waals surface area contributed by atoms with Crippen molar-refractivity contribution in [3.05, 3.63) is 12.7 Å². The molecular formula is C23H7F37O2. The highest BCUT2D eigenvalue weighted by Gasteiger charge is 3.02. The molecule has 1 unspecified atom stereocenters. The molecule has 0 aliphatic rings. The molecule has 0 aromatic rings. The SMILES string of the molecule is C=CC(=O)OC(C)C(F)(F)C(F)(F)C(F)(F)C(F)(F)C(F)(F)C(F)(F)C(F)(F)C(F)(F)C(F)(F)C(F)(F)C(F)(F)C(F)(F)C(F)(F)C(F)(F)C(F)(F)C(F)(F)C(F)(F)C(F)(F)F. The van der Waals surface area contributed by atoms with Crippen molar-refractivity contribution in [3.8, 4) is 0 Å². The standard InChI is InChI=1S/C23H7F37O2/c1-3-5(61)62-4(2)6(24,25)7(26,27)8(28,29)9(30,31)10(32,33)11(34,35)12(36,37)13(38,39)14(40,41)15(42,43)16(44,45)17(46,47)18(48,49)19(50,51)20(52,53)21(54,55)22(56,57)23(58,59)60/h3-4H,1H2,2H3. The van der Waals surface area contributed by atoms with Crippen LogP contribution in [0.3, 0.4) is 0 Å². The molecule has 0 aromatic carbocycles. The zero-order valence-electron chi connectivity index (χ0n) is 27.2. The van der Waals surface area contributed by atoms with E-state index in [1.165, 1.54) is 0 Å². The summed E-state index contributed by atoms with van der Waals surface area (Å²) in [7, 11) is 0. The number of alkyl halides is 37. The molecule has 0 spiro atoms. The smallest absolute Gasteiger partial charge is 0.453 e. The molecule has 0 rings (SSSR count). The van der Waals surface area contributed by atoms with Crippen molar-refractivity contribution >= 4 is 5.97 Å². The Morgan fingerprint density at radius 2 is 0.468 bits per heavy atom. The summed E-state index contributed by atoms with van der Waals surface area (Å²) in [6, 6.07) is 0. The first-order valence-electron chi connectivity index (χ1n) is 13.4. The van der Waals surface area contributed by atoms with E-state index in [0.29, 0.717) is 0 Å². The minimum absolute atomic E-state index is 0.391. The molecule has 370 valence electrons. The highest BCUT2D eigenvalue weighted by atomic mass is 19.4. The molecule has 0 aliphatic carbocycles. The number of esters is 1. The Balaban J connectivity index is 7.88. The van der Waals surface area contributed by atoms with Gasteiger partial charge in [0.25, 0.3) is 0 Å². The summed E-state index contributed by atoms with van der Waals surface area (Å²) in [6.07, 6.45) is -13.3.